The summed E-state index contributed by atoms with van der Waals surface area (Å²) in [5.41, 5.74) is 2.02. The lowest BCUT2D eigenvalue weighted by Crippen LogP contribution is -2.21. The lowest BCUT2D eigenvalue weighted by atomic mass is 10.0. The standard InChI is InChI=1S/C19H25N3O3/c1-4-25-18-9-14(5-6-17(18)24-3)11-22-8-7-15(12-22)16-10-19(23)21-13(2)20-16/h5-6,9-10,15H,4,7-8,11-12H2,1-3H3,(H,20,21,23). The largest absolute Gasteiger partial charge is 0.493 e. The molecule has 1 unspecified atom stereocenters. The van der Waals surface area contributed by atoms with Crippen molar-refractivity contribution >= 4 is 0 Å². The Morgan fingerprint density at radius 2 is 2.16 bits per heavy atom. The number of H-pyrrole nitrogens is 1. The van der Waals surface area contributed by atoms with Crippen molar-refractivity contribution in [2.45, 2.75) is 32.7 Å². The lowest BCUT2D eigenvalue weighted by molar-refractivity contribution is 0.305. The lowest BCUT2D eigenvalue weighted by Gasteiger charge is -2.17. The summed E-state index contributed by atoms with van der Waals surface area (Å²) in [4.78, 5) is 21.3. The fourth-order valence-electron chi connectivity index (χ4n) is 3.38. The van der Waals surface area contributed by atoms with Gasteiger partial charge in [0, 0.05) is 25.1 Å². The van der Waals surface area contributed by atoms with E-state index in [4.69, 9.17) is 9.47 Å². The van der Waals surface area contributed by atoms with Gasteiger partial charge in [0.2, 0.25) is 0 Å². The van der Waals surface area contributed by atoms with Crippen LogP contribution in [0.3, 0.4) is 0 Å². The summed E-state index contributed by atoms with van der Waals surface area (Å²) in [5, 5.41) is 0. The number of nitrogens with zero attached hydrogens (tertiary/aromatic N) is 2. The highest BCUT2D eigenvalue weighted by Crippen LogP contribution is 2.30. The van der Waals surface area contributed by atoms with Gasteiger partial charge in [-0.1, -0.05) is 6.07 Å². The van der Waals surface area contributed by atoms with Gasteiger partial charge in [0.1, 0.15) is 5.82 Å². The molecule has 2 heterocycles. The molecule has 1 aliphatic heterocycles. The Bertz CT molecular complexity index is 788. The molecule has 6 heteroatoms. The van der Waals surface area contributed by atoms with E-state index in [0.717, 1.165) is 43.2 Å². The summed E-state index contributed by atoms with van der Waals surface area (Å²) in [5.74, 6) is 2.53. The van der Waals surface area contributed by atoms with Crippen molar-refractivity contribution in [2.24, 2.45) is 0 Å². The Morgan fingerprint density at radius 3 is 2.88 bits per heavy atom. The zero-order valence-electron chi connectivity index (χ0n) is 15.0. The van der Waals surface area contributed by atoms with Crippen molar-refractivity contribution in [3.05, 3.63) is 51.7 Å². The number of likely N-dealkylation sites (tertiary alicyclic amines) is 1. The molecule has 1 aromatic carbocycles. The number of nitrogens with one attached hydrogen (secondary N) is 1. The zero-order valence-corrected chi connectivity index (χ0v) is 15.0. The van der Waals surface area contributed by atoms with Gasteiger partial charge in [0.15, 0.2) is 11.5 Å². The fraction of sp³-hybridized carbons (Fsp3) is 0.474. The van der Waals surface area contributed by atoms with Crippen molar-refractivity contribution in [2.75, 3.05) is 26.8 Å². The van der Waals surface area contributed by atoms with E-state index in [2.05, 4.69) is 20.9 Å². The van der Waals surface area contributed by atoms with E-state index in [0.29, 0.717) is 18.3 Å². The molecule has 1 atom stereocenters. The molecule has 6 nitrogen and oxygen atoms in total. The van der Waals surface area contributed by atoms with E-state index in [1.54, 1.807) is 13.2 Å². The van der Waals surface area contributed by atoms with Crippen LogP contribution < -0.4 is 15.0 Å². The fourth-order valence-corrected chi connectivity index (χ4v) is 3.38. The van der Waals surface area contributed by atoms with Gasteiger partial charge in [0.05, 0.1) is 19.4 Å². The Labute approximate surface area is 147 Å². The number of hydrogen-bond donors (Lipinski definition) is 1. The highest BCUT2D eigenvalue weighted by Gasteiger charge is 2.25. The molecule has 0 radical (unpaired) electrons. The number of benzene rings is 1. The maximum Gasteiger partial charge on any atom is 0.251 e. The van der Waals surface area contributed by atoms with Gasteiger partial charge in [-0.3, -0.25) is 9.69 Å². The van der Waals surface area contributed by atoms with Crippen molar-refractivity contribution < 1.29 is 9.47 Å². The number of methoxy groups -OCH3 is 1. The van der Waals surface area contributed by atoms with E-state index < -0.39 is 0 Å². The summed E-state index contributed by atoms with van der Waals surface area (Å²) < 4.78 is 11.0. The normalized spacial score (nSPS) is 17.6. The molecule has 0 bridgehead atoms. The van der Waals surface area contributed by atoms with E-state index >= 15 is 0 Å². The van der Waals surface area contributed by atoms with E-state index in [9.17, 15) is 4.79 Å². The van der Waals surface area contributed by atoms with Crippen LogP contribution in [0.1, 0.15) is 36.3 Å². The van der Waals surface area contributed by atoms with Crippen molar-refractivity contribution in [3.8, 4) is 11.5 Å². The molecule has 1 saturated heterocycles. The summed E-state index contributed by atoms with van der Waals surface area (Å²) in [6.45, 7) is 7.15. The average molecular weight is 343 g/mol. The molecule has 0 amide bonds. The topological polar surface area (TPSA) is 67.5 Å². The molecule has 0 spiro atoms. The highest BCUT2D eigenvalue weighted by molar-refractivity contribution is 5.43. The molecule has 25 heavy (non-hydrogen) atoms. The Morgan fingerprint density at radius 1 is 1.32 bits per heavy atom. The highest BCUT2D eigenvalue weighted by atomic mass is 16.5. The first-order valence-corrected chi connectivity index (χ1v) is 8.69. The van der Waals surface area contributed by atoms with Crippen LogP contribution in [0, 0.1) is 6.92 Å². The number of aromatic amines is 1. The minimum atomic E-state index is -0.0718. The first kappa shape index (κ1) is 17.5. The molecule has 2 aromatic rings. The second kappa shape index (κ2) is 7.70. The molecule has 0 aliphatic carbocycles. The van der Waals surface area contributed by atoms with Crippen LogP contribution >= 0.6 is 0 Å². The van der Waals surface area contributed by atoms with Gasteiger partial charge >= 0.3 is 0 Å². The molecule has 1 aromatic heterocycles. The zero-order chi connectivity index (χ0) is 17.8. The van der Waals surface area contributed by atoms with Crippen molar-refractivity contribution in [3.63, 3.8) is 0 Å². The van der Waals surface area contributed by atoms with Gasteiger partial charge < -0.3 is 14.5 Å². The minimum absolute atomic E-state index is 0.0718. The van der Waals surface area contributed by atoms with Crippen LogP contribution in [-0.4, -0.2) is 41.7 Å². The third-order valence-corrected chi connectivity index (χ3v) is 4.50. The van der Waals surface area contributed by atoms with Gasteiger partial charge in [0.25, 0.3) is 5.56 Å². The van der Waals surface area contributed by atoms with Gasteiger partial charge in [-0.25, -0.2) is 4.98 Å². The molecule has 1 aliphatic rings. The number of ether oxygens (including phenoxy) is 2. The van der Waals surface area contributed by atoms with Crippen LogP contribution in [0.15, 0.2) is 29.1 Å². The molecule has 3 rings (SSSR count). The molecule has 1 fully saturated rings. The van der Waals surface area contributed by atoms with Crippen LogP contribution in [-0.2, 0) is 6.54 Å². The Balaban J connectivity index is 1.68. The minimum Gasteiger partial charge on any atom is -0.493 e. The first-order chi connectivity index (χ1) is 12.1. The average Bonchev–Trinajstić information content (AvgIpc) is 3.03. The second-order valence-corrected chi connectivity index (χ2v) is 6.39. The van der Waals surface area contributed by atoms with Crippen molar-refractivity contribution in [1.82, 2.24) is 14.9 Å². The van der Waals surface area contributed by atoms with Crippen molar-refractivity contribution in [1.29, 1.82) is 0 Å². The molecule has 134 valence electrons. The van der Waals surface area contributed by atoms with Gasteiger partial charge in [-0.15, -0.1) is 0 Å². The Hall–Kier alpha value is -2.34. The third-order valence-electron chi connectivity index (χ3n) is 4.50. The van der Waals surface area contributed by atoms with E-state index in [-0.39, 0.29) is 5.56 Å². The Kier molecular flexibility index (Phi) is 5.38. The van der Waals surface area contributed by atoms with Crippen LogP contribution in [0.4, 0.5) is 0 Å². The van der Waals surface area contributed by atoms with E-state index in [1.807, 2.05) is 26.0 Å². The summed E-state index contributed by atoms with van der Waals surface area (Å²) >= 11 is 0. The predicted octanol–water partition coefficient (Wildman–Crippen LogP) is 2.48. The number of aryl methyl sites for hydroxylation is 1. The summed E-state index contributed by atoms with van der Waals surface area (Å²) in [6, 6.07) is 7.70. The third kappa shape index (κ3) is 4.20. The van der Waals surface area contributed by atoms with E-state index in [1.165, 1.54) is 5.56 Å². The van der Waals surface area contributed by atoms with Gasteiger partial charge in [-0.2, -0.15) is 0 Å². The first-order valence-electron chi connectivity index (χ1n) is 8.69. The van der Waals surface area contributed by atoms with Crippen LogP contribution in [0.25, 0.3) is 0 Å². The smallest absolute Gasteiger partial charge is 0.251 e. The molecule has 0 saturated carbocycles. The molecule has 1 N–H and O–H groups in total. The second-order valence-electron chi connectivity index (χ2n) is 6.39. The van der Waals surface area contributed by atoms with Crippen LogP contribution in [0.5, 0.6) is 11.5 Å². The quantitative estimate of drug-likeness (QED) is 0.873. The molecular formula is C19H25N3O3. The summed E-state index contributed by atoms with van der Waals surface area (Å²) in [7, 11) is 1.65. The molecular weight excluding hydrogens is 318 g/mol. The SMILES string of the molecule is CCOc1cc(CN2CCC(c3cc(=O)[nH]c(C)n3)C2)ccc1OC. The van der Waals surface area contributed by atoms with Gasteiger partial charge in [-0.05, 0) is 44.5 Å². The number of rotatable bonds is 6. The van der Waals surface area contributed by atoms with Crippen LogP contribution in [0.2, 0.25) is 0 Å². The maximum absolute atomic E-state index is 11.7. The monoisotopic (exact) mass is 343 g/mol. The predicted molar refractivity (Wildman–Crippen MR) is 96.4 cm³/mol. The number of aromatic nitrogens is 2. The summed E-state index contributed by atoms with van der Waals surface area (Å²) in [6.07, 6.45) is 1.02. The maximum atomic E-state index is 11.7. The number of hydrogen-bond acceptors (Lipinski definition) is 5.